The fourth-order valence-electron chi connectivity index (χ4n) is 2.69. The predicted octanol–water partition coefficient (Wildman–Crippen LogP) is 1.82. The van der Waals surface area contributed by atoms with Gasteiger partial charge in [-0.1, -0.05) is 10.6 Å². The Morgan fingerprint density at radius 1 is 1.21 bits per heavy atom. The summed E-state index contributed by atoms with van der Waals surface area (Å²) in [6.45, 7) is 0.513. The molecule has 10 heteroatoms. The van der Waals surface area contributed by atoms with Crippen LogP contribution in [0.4, 0.5) is 0 Å². The molecule has 0 saturated heterocycles. The largest absolute Gasteiger partial charge is 0.467 e. The standard InChI is InChI=1S/C18H16N4O5S/c23-17(19-7-12-3-4-15-16(6-12)27-11-26-15)9-22(8-13-2-1-5-25-13)18(24)14-10-28-21-20-14/h1-6,10H,7-9,11H2,(H,19,23). The lowest BCUT2D eigenvalue weighted by molar-refractivity contribution is -0.122. The van der Waals surface area contributed by atoms with Crippen molar-refractivity contribution in [3.05, 3.63) is 59.0 Å². The number of ether oxygens (including phenoxy) is 2. The summed E-state index contributed by atoms with van der Waals surface area (Å²) in [6, 6.07) is 8.92. The molecule has 1 aliphatic rings. The maximum Gasteiger partial charge on any atom is 0.276 e. The van der Waals surface area contributed by atoms with Gasteiger partial charge in [0.25, 0.3) is 5.91 Å². The third kappa shape index (κ3) is 4.12. The molecular formula is C18H16N4O5S. The van der Waals surface area contributed by atoms with Crippen molar-refractivity contribution >= 4 is 23.3 Å². The van der Waals surface area contributed by atoms with Crippen LogP contribution in [0.25, 0.3) is 0 Å². The van der Waals surface area contributed by atoms with Crippen LogP contribution in [0.2, 0.25) is 0 Å². The number of carbonyl (C=O) groups excluding carboxylic acids is 2. The van der Waals surface area contributed by atoms with Crippen molar-refractivity contribution < 1.29 is 23.5 Å². The molecule has 2 aromatic heterocycles. The van der Waals surface area contributed by atoms with Gasteiger partial charge in [0.2, 0.25) is 12.7 Å². The van der Waals surface area contributed by atoms with Crippen molar-refractivity contribution in [1.82, 2.24) is 19.8 Å². The van der Waals surface area contributed by atoms with Gasteiger partial charge in [-0.05, 0) is 41.4 Å². The fourth-order valence-corrected chi connectivity index (χ4v) is 3.12. The first-order chi connectivity index (χ1) is 13.7. The van der Waals surface area contributed by atoms with Gasteiger partial charge in [0, 0.05) is 11.9 Å². The zero-order chi connectivity index (χ0) is 19.3. The normalized spacial score (nSPS) is 12.0. The molecule has 4 rings (SSSR count). The number of fused-ring (bicyclic) bond motifs is 1. The van der Waals surface area contributed by atoms with E-state index in [0.29, 0.717) is 23.8 Å². The molecule has 0 fully saturated rings. The molecule has 1 aromatic carbocycles. The first-order valence-electron chi connectivity index (χ1n) is 8.43. The fraction of sp³-hybridized carbons (Fsp3) is 0.222. The van der Waals surface area contributed by atoms with Gasteiger partial charge in [-0.25, -0.2) is 0 Å². The van der Waals surface area contributed by atoms with E-state index in [1.807, 2.05) is 12.1 Å². The van der Waals surface area contributed by atoms with Crippen molar-refractivity contribution in [3.63, 3.8) is 0 Å². The number of rotatable bonds is 7. The Morgan fingerprint density at radius 2 is 2.11 bits per heavy atom. The highest BCUT2D eigenvalue weighted by atomic mass is 32.1. The van der Waals surface area contributed by atoms with Crippen LogP contribution in [0.1, 0.15) is 21.8 Å². The second-order valence-electron chi connectivity index (χ2n) is 6.00. The highest BCUT2D eigenvalue weighted by Crippen LogP contribution is 2.32. The zero-order valence-corrected chi connectivity index (χ0v) is 15.5. The zero-order valence-electron chi connectivity index (χ0n) is 14.7. The first kappa shape index (κ1) is 18.0. The minimum atomic E-state index is -0.386. The van der Waals surface area contributed by atoms with E-state index in [9.17, 15) is 9.59 Å². The number of nitrogens with one attached hydrogen (secondary N) is 1. The number of hydrogen-bond donors (Lipinski definition) is 1. The van der Waals surface area contributed by atoms with E-state index in [1.165, 1.54) is 11.2 Å². The smallest absolute Gasteiger partial charge is 0.276 e. The summed E-state index contributed by atoms with van der Waals surface area (Å²) in [5, 5.41) is 8.14. The summed E-state index contributed by atoms with van der Waals surface area (Å²) in [7, 11) is 0. The molecule has 144 valence electrons. The SMILES string of the molecule is O=C(CN(Cc1ccco1)C(=O)c1csnn1)NCc1ccc2c(c1)OCO2. The molecule has 0 unspecified atom stereocenters. The molecule has 2 amide bonds. The van der Waals surface area contributed by atoms with Gasteiger partial charge in [0.15, 0.2) is 17.2 Å². The van der Waals surface area contributed by atoms with Crippen LogP contribution in [0.3, 0.4) is 0 Å². The Hall–Kier alpha value is -3.40. The van der Waals surface area contributed by atoms with Gasteiger partial charge in [0.1, 0.15) is 12.3 Å². The highest BCUT2D eigenvalue weighted by Gasteiger charge is 2.22. The van der Waals surface area contributed by atoms with E-state index in [-0.39, 0.29) is 37.4 Å². The minimum absolute atomic E-state index is 0.137. The van der Waals surface area contributed by atoms with E-state index in [0.717, 1.165) is 17.1 Å². The lowest BCUT2D eigenvalue weighted by Gasteiger charge is -2.20. The summed E-state index contributed by atoms with van der Waals surface area (Å²) >= 11 is 1.07. The molecule has 0 aliphatic carbocycles. The van der Waals surface area contributed by atoms with Gasteiger partial charge < -0.3 is 24.1 Å². The summed E-state index contributed by atoms with van der Waals surface area (Å²) < 4.78 is 19.6. The Morgan fingerprint density at radius 3 is 2.89 bits per heavy atom. The number of carbonyl (C=O) groups is 2. The Bertz CT molecular complexity index is 959. The molecule has 1 aliphatic heterocycles. The summed E-state index contributed by atoms with van der Waals surface area (Å²) in [4.78, 5) is 26.5. The molecule has 0 atom stereocenters. The first-order valence-corrected chi connectivity index (χ1v) is 9.26. The van der Waals surface area contributed by atoms with Crippen molar-refractivity contribution in [3.8, 4) is 11.5 Å². The van der Waals surface area contributed by atoms with Crippen LogP contribution in [0.15, 0.2) is 46.4 Å². The Kier molecular flexibility index (Phi) is 5.20. The van der Waals surface area contributed by atoms with E-state index in [4.69, 9.17) is 13.9 Å². The molecule has 0 spiro atoms. The summed E-state index contributed by atoms with van der Waals surface area (Å²) in [6.07, 6.45) is 1.52. The highest BCUT2D eigenvalue weighted by molar-refractivity contribution is 7.03. The third-order valence-corrected chi connectivity index (χ3v) is 4.56. The maximum absolute atomic E-state index is 12.6. The average Bonchev–Trinajstić information content (AvgIpc) is 3.47. The van der Waals surface area contributed by atoms with Crippen molar-refractivity contribution in [2.45, 2.75) is 13.1 Å². The monoisotopic (exact) mass is 400 g/mol. The number of nitrogens with zero attached hydrogens (tertiary/aromatic N) is 3. The van der Waals surface area contributed by atoms with Crippen LogP contribution in [-0.4, -0.2) is 39.6 Å². The van der Waals surface area contributed by atoms with Gasteiger partial charge in [-0.3, -0.25) is 9.59 Å². The lowest BCUT2D eigenvalue weighted by Crippen LogP contribution is -2.40. The van der Waals surface area contributed by atoms with E-state index in [1.54, 1.807) is 23.6 Å². The Labute approximate surface area is 164 Å². The molecule has 3 heterocycles. The van der Waals surface area contributed by atoms with Gasteiger partial charge in [0.05, 0.1) is 12.8 Å². The quantitative estimate of drug-likeness (QED) is 0.645. The molecule has 3 aromatic rings. The molecule has 28 heavy (non-hydrogen) atoms. The van der Waals surface area contributed by atoms with Crippen molar-refractivity contribution in [1.29, 1.82) is 0 Å². The van der Waals surface area contributed by atoms with Crippen LogP contribution < -0.4 is 14.8 Å². The van der Waals surface area contributed by atoms with E-state index >= 15 is 0 Å². The van der Waals surface area contributed by atoms with E-state index < -0.39 is 0 Å². The summed E-state index contributed by atoms with van der Waals surface area (Å²) in [5.41, 5.74) is 1.06. The number of hydrogen-bond acceptors (Lipinski definition) is 8. The maximum atomic E-state index is 12.6. The molecule has 0 radical (unpaired) electrons. The topological polar surface area (TPSA) is 107 Å². The van der Waals surface area contributed by atoms with Crippen LogP contribution >= 0.6 is 11.5 Å². The van der Waals surface area contributed by atoms with Crippen LogP contribution in [0.5, 0.6) is 11.5 Å². The van der Waals surface area contributed by atoms with Crippen LogP contribution in [-0.2, 0) is 17.9 Å². The van der Waals surface area contributed by atoms with E-state index in [2.05, 4.69) is 14.9 Å². The molecular weight excluding hydrogens is 384 g/mol. The molecule has 1 N–H and O–H groups in total. The lowest BCUT2D eigenvalue weighted by atomic mass is 10.2. The second-order valence-corrected chi connectivity index (χ2v) is 6.60. The van der Waals surface area contributed by atoms with Crippen molar-refractivity contribution in [2.24, 2.45) is 0 Å². The predicted molar refractivity (Wildman–Crippen MR) is 97.8 cm³/mol. The number of furan rings is 1. The minimum Gasteiger partial charge on any atom is -0.467 e. The van der Waals surface area contributed by atoms with Crippen molar-refractivity contribution in [2.75, 3.05) is 13.3 Å². The molecule has 0 saturated carbocycles. The Balaban J connectivity index is 1.39. The number of amides is 2. The molecule has 9 nitrogen and oxygen atoms in total. The number of aromatic nitrogens is 2. The average molecular weight is 400 g/mol. The van der Waals surface area contributed by atoms with Gasteiger partial charge >= 0.3 is 0 Å². The van der Waals surface area contributed by atoms with Gasteiger partial charge in [-0.2, -0.15) is 0 Å². The van der Waals surface area contributed by atoms with Gasteiger partial charge in [-0.15, -0.1) is 5.10 Å². The summed E-state index contributed by atoms with van der Waals surface area (Å²) in [5.74, 6) is 1.21. The molecule has 0 bridgehead atoms. The second kappa shape index (κ2) is 8.09. The van der Waals surface area contributed by atoms with Crippen LogP contribution in [0, 0.1) is 0 Å². The number of benzene rings is 1. The third-order valence-electron chi connectivity index (χ3n) is 4.05.